The average Bonchev–Trinajstić information content (AvgIpc) is 2.33. The minimum atomic E-state index is 0.180. The second-order valence-corrected chi connectivity index (χ2v) is 6.26. The van der Waals surface area contributed by atoms with Crippen LogP contribution in [0.15, 0.2) is 18.2 Å². The number of carbonyl (C=O) groups excluding carboxylic acids is 1. The first-order chi connectivity index (χ1) is 7.68. The Kier molecular flexibility index (Phi) is 4.13. The number of aryl methyl sites for hydroxylation is 1. The Labute approximate surface area is 114 Å². The standard InChI is InChI=1S/C12H14INOS/c1-9-8-10(2-3-11(9)13)12(15)14-4-6-16-7-5-14/h2-3,8H,4-7H2,1H3. The maximum Gasteiger partial charge on any atom is 0.253 e. The second-order valence-electron chi connectivity index (χ2n) is 3.87. The maximum atomic E-state index is 12.2. The molecule has 0 atom stereocenters. The summed E-state index contributed by atoms with van der Waals surface area (Å²) in [6.45, 7) is 3.81. The number of hydrogen-bond acceptors (Lipinski definition) is 2. The molecule has 0 spiro atoms. The highest BCUT2D eigenvalue weighted by molar-refractivity contribution is 14.1. The lowest BCUT2D eigenvalue weighted by Gasteiger charge is -2.26. The van der Waals surface area contributed by atoms with Crippen LogP contribution in [-0.4, -0.2) is 35.4 Å². The normalized spacial score (nSPS) is 16.2. The van der Waals surface area contributed by atoms with Gasteiger partial charge in [-0.05, 0) is 53.3 Å². The van der Waals surface area contributed by atoms with Crippen molar-refractivity contribution in [3.05, 3.63) is 32.9 Å². The second kappa shape index (κ2) is 5.40. The fourth-order valence-electron chi connectivity index (χ4n) is 1.73. The van der Waals surface area contributed by atoms with Gasteiger partial charge in [0.15, 0.2) is 0 Å². The van der Waals surface area contributed by atoms with Gasteiger partial charge in [0.25, 0.3) is 5.91 Å². The largest absolute Gasteiger partial charge is 0.337 e. The van der Waals surface area contributed by atoms with E-state index in [1.807, 2.05) is 41.8 Å². The molecule has 1 aromatic carbocycles. The Hall–Kier alpha value is -0.230. The molecule has 1 fully saturated rings. The molecule has 0 saturated carbocycles. The van der Waals surface area contributed by atoms with E-state index in [9.17, 15) is 4.79 Å². The quantitative estimate of drug-likeness (QED) is 0.729. The predicted octanol–water partition coefficient (Wildman–Crippen LogP) is 2.79. The zero-order chi connectivity index (χ0) is 11.5. The summed E-state index contributed by atoms with van der Waals surface area (Å²) in [5, 5.41) is 0. The predicted molar refractivity (Wildman–Crippen MR) is 77.1 cm³/mol. The van der Waals surface area contributed by atoms with Crippen LogP contribution in [0.5, 0.6) is 0 Å². The van der Waals surface area contributed by atoms with Gasteiger partial charge >= 0.3 is 0 Å². The van der Waals surface area contributed by atoms with Crippen LogP contribution < -0.4 is 0 Å². The van der Waals surface area contributed by atoms with E-state index in [0.29, 0.717) is 0 Å². The number of nitrogens with zero attached hydrogens (tertiary/aromatic N) is 1. The Morgan fingerprint density at radius 2 is 2.06 bits per heavy atom. The summed E-state index contributed by atoms with van der Waals surface area (Å²) in [6, 6.07) is 5.94. The number of amides is 1. The van der Waals surface area contributed by atoms with Crippen LogP contribution in [0.25, 0.3) is 0 Å². The fourth-order valence-corrected chi connectivity index (χ4v) is 2.97. The van der Waals surface area contributed by atoms with E-state index in [2.05, 4.69) is 22.6 Å². The van der Waals surface area contributed by atoms with Crippen LogP contribution in [0.4, 0.5) is 0 Å². The Morgan fingerprint density at radius 1 is 1.38 bits per heavy atom. The molecule has 1 aliphatic rings. The molecule has 16 heavy (non-hydrogen) atoms. The minimum absolute atomic E-state index is 0.180. The average molecular weight is 347 g/mol. The minimum Gasteiger partial charge on any atom is -0.337 e. The molecule has 1 amide bonds. The molecule has 0 bridgehead atoms. The lowest BCUT2D eigenvalue weighted by Crippen LogP contribution is -2.37. The van der Waals surface area contributed by atoms with E-state index < -0.39 is 0 Å². The van der Waals surface area contributed by atoms with Crippen molar-refractivity contribution in [2.75, 3.05) is 24.6 Å². The van der Waals surface area contributed by atoms with E-state index in [-0.39, 0.29) is 5.91 Å². The van der Waals surface area contributed by atoms with Crippen molar-refractivity contribution in [2.24, 2.45) is 0 Å². The highest BCUT2D eigenvalue weighted by Gasteiger charge is 2.18. The SMILES string of the molecule is Cc1cc(C(=O)N2CCSCC2)ccc1I. The van der Waals surface area contributed by atoms with Gasteiger partial charge in [-0.3, -0.25) is 4.79 Å². The molecule has 1 aliphatic heterocycles. The molecule has 2 rings (SSSR count). The number of hydrogen-bond donors (Lipinski definition) is 0. The molecule has 4 heteroatoms. The van der Waals surface area contributed by atoms with Crippen LogP contribution >= 0.6 is 34.4 Å². The molecule has 0 unspecified atom stereocenters. The molecular formula is C12H14INOS. The third-order valence-electron chi connectivity index (χ3n) is 2.70. The first kappa shape index (κ1) is 12.2. The first-order valence-corrected chi connectivity index (χ1v) is 7.55. The smallest absolute Gasteiger partial charge is 0.253 e. The van der Waals surface area contributed by atoms with Gasteiger partial charge in [0.1, 0.15) is 0 Å². The van der Waals surface area contributed by atoms with Crippen molar-refractivity contribution >= 4 is 40.3 Å². The molecule has 1 saturated heterocycles. The highest BCUT2D eigenvalue weighted by atomic mass is 127. The van der Waals surface area contributed by atoms with Gasteiger partial charge in [-0.1, -0.05) is 0 Å². The van der Waals surface area contributed by atoms with Crippen molar-refractivity contribution in [2.45, 2.75) is 6.92 Å². The maximum absolute atomic E-state index is 12.2. The summed E-state index contributed by atoms with van der Waals surface area (Å²) in [5.74, 6) is 2.31. The van der Waals surface area contributed by atoms with E-state index >= 15 is 0 Å². The van der Waals surface area contributed by atoms with Gasteiger partial charge in [0, 0.05) is 33.7 Å². The van der Waals surface area contributed by atoms with Crippen molar-refractivity contribution in [3.63, 3.8) is 0 Å². The lowest BCUT2D eigenvalue weighted by molar-refractivity contribution is 0.0772. The van der Waals surface area contributed by atoms with Crippen LogP contribution in [0.1, 0.15) is 15.9 Å². The Balaban J connectivity index is 2.16. The van der Waals surface area contributed by atoms with Crippen molar-refractivity contribution in [1.29, 1.82) is 0 Å². The zero-order valence-electron chi connectivity index (χ0n) is 9.20. The van der Waals surface area contributed by atoms with E-state index in [1.54, 1.807) is 0 Å². The lowest BCUT2D eigenvalue weighted by atomic mass is 10.1. The van der Waals surface area contributed by atoms with Gasteiger partial charge in [-0.15, -0.1) is 0 Å². The van der Waals surface area contributed by atoms with Gasteiger partial charge in [0.2, 0.25) is 0 Å². The number of halogens is 1. The van der Waals surface area contributed by atoms with E-state index in [4.69, 9.17) is 0 Å². The molecule has 0 radical (unpaired) electrons. The van der Waals surface area contributed by atoms with Gasteiger partial charge in [-0.25, -0.2) is 0 Å². The summed E-state index contributed by atoms with van der Waals surface area (Å²) >= 11 is 4.21. The van der Waals surface area contributed by atoms with Crippen LogP contribution in [0, 0.1) is 10.5 Å². The molecule has 0 N–H and O–H groups in total. The molecular weight excluding hydrogens is 333 g/mol. The molecule has 2 nitrogen and oxygen atoms in total. The molecule has 0 aliphatic carbocycles. The monoisotopic (exact) mass is 347 g/mol. The summed E-state index contributed by atoms with van der Waals surface area (Å²) in [4.78, 5) is 14.1. The van der Waals surface area contributed by atoms with Crippen LogP contribution in [0.2, 0.25) is 0 Å². The van der Waals surface area contributed by atoms with Gasteiger partial charge < -0.3 is 4.90 Å². The van der Waals surface area contributed by atoms with Crippen LogP contribution in [0.3, 0.4) is 0 Å². The fraction of sp³-hybridized carbons (Fsp3) is 0.417. The summed E-state index contributed by atoms with van der Waals surface area (Å²) in [5.41, 5.74) is 2.00. The third-order valence-corrected chi connectivity index (χ3v) is 4.86. The Morgan fingerprint density at radius 3 is 2.69 bits per heavy atom. The number of benzene rings is 1. The number of thioether (sulfide) groups is 1. The van der Waals surface area contributed by atoms with Crippen molar-refractivity contribution in [3.8, 4) is 0 Å². The Bertz CT molecular complexity index is 402. The highest BCUT2D eigenvalue weighted by Crippen LogP contribution is 2.17. The van der Waals surface area contributed by atoms with E-state index in [0.717, 1.165) is 30.2 Å². The number of carbonyl (C=O) groups is 1. The molecule has 1 heterocycles. The molecule has 1 aromatic rings. The van der Waals surface area contributed by atoms with Crippen LogP contribution in [-0.2, 0) is 0 Å². The van der Waals surface area contributed by atoms with Crippen molar-refractivity contribution in [1.82, 2.24) is 4.90 Å². The first-order valence-electron chi connectivity index (χ1n) is 5.31. The molecule has 0 aromatic heterocycles. The summed E-state index contributed by atoms with van der Waals surface area (Å²) in [7, 11) is 0. The topological polar surface area (TPSA) is 20.3 Å². The summed E-state index contributed by atoms with van der Waals surface area (Å²) < 4.78 is 1.21. The molecule has 86 valence electrons. The third kappa shape index (κ3) is 2.71. The van der Waals surface area contributed by atoms with E-state index in [1.165, 1.54) is 9.13 Å². The zero-order valence-corrected chi connectivity index (χ0v) is 12.2. The van der Waals surface area contributed by atoms with Crippen molar-refractivity contribution < 1.29 is 4.79 Å². The van der Waals surface area contributed by atoms with Gasteiger partial charge in [0.05, 0.1) is 0 Å². The summed E-state index contributed by atoms with van der Waals surface area (Å²) in [6.07, 6.45) is 0. The number of rotatable bonds is 1. The van der Waals surface area contributed by atoms with Gasteiger partial charge in [-0.2, -0.15) is 11.8 Å².